The molecule has 3 aromatic rings. The molecule has 0 atom stereocenters. The van der Waals surface area contributed by atoms with Crippen molar-refractivity contribution in [3.05, 3.63) is 45.4 Å². The maximum Gasteiger partial charge on any atom is 0.327 e. The Hall–Kier alpha value is -2.00. The lowest BCUT2D eigenvalue weighted by Crippen LogP contribution is -1.97. The van der Waals surface area contributed by atoms with Crippen LogP contribution in [0.5, 0.6) is 23.5 Å². The SMILES string of the molecule is Clc1nc(Cl)nc(Oc2cccc(Oc3nc(Cl)nc(Cl)n3)c2)n1. The van der Waals surface area contributed by atoms with E-state index in [9.17, 15) is 0 Å². The van der Waals surface area contributed by atoms with Crippen molar-refractivity contribution < 1.29 is 9.47 Å². The first-order chi connectivity index (χ1) is 11.5. The third-order valence-electron chi connectivity index (χ3n) is 2.34. The lowest BCUT2D eigenvalue weighted by molar-refractivity contribution is 0.420. The molecule has 24 heavy (non-hydrogen) atoms. The molecule has 0 radical (unpaired) electrons. The van der Waals surface area contributed by atoms with Gasteiger partial charge in [0, 0.05) is 6.07 Å². The van der Waals surface area contributed by atoms with Crippen molar-refractivity contribution in [2.24, 2.45) is 0 Å². The fraction of sp³-hybridized carbons (Fsp3) is 0. The molecule has 2 heterocycles. The van der Waals surface area contributed by atoms with Gasteiger partial charge in [-0.05, 0) is 58.5 Å². The number of hydrogen-bond donors (Lipinski definition) is 0. The number of nitrogens with zero attached hydrogens (tertiary/aromatic N) is 6. The van der Waals surface area contributed by atoms with Crippen molar-refractivity contribution in [1.29, 1.82) is 0 Å². The second kappa shape index (κ2) is 7.27. The topological polar surface area (TPSA) is 95.8 Å². The minimum absolute atomic E-state index is 0.0663. The lowest BCUT2D eigenvalue weighted by atomic mass is 10.3. The van der Waals surface area contributed by atoms with E-state index >= 15 is 0 Å². The Bertz CT molecular complexity index is 788. The molecule has 0 fully saturated rings. The van der Waals surface area contributed by atoms with Gasteiger partial charge in [0.25, 0.3) is 0 Å². The van der Waals surface area contributed by atoms with Crippen LogP contribution in [-0.4, -0.2) is 29.9 Å². The Morgan fingerprint density at radius 1 is 0.583 bits per heavy atom. The minimum Gasteiger partial charge on any atom is -0.424 e. The fourth-order valence-corrected chi connectivity index (χ4v) is 2.22. The summed E-state index contributed by atoms with van der Waals surface area (Å²) in [6, 6.07) is 6.36. The molecule has 0 aliphatic heterocycles. The van der Waals surface area contributed by atoms with Gasteiger partial charge in [0.05, 0.1) is 0 Å². The molecule has 0 N–H and O–H groups in total. The van der Waals surface area contributed by atoms with Crippen LogP contribution in [-0.2, 0) is 0 Å². The average molecular weight is 406 g/mol. The van der Waals surface area contributed by atoms with Gasteiger partial charge in [-0.3, -0.25) is 0 Å². The quantitative estimate of drug-likeness (QED) is 0.635. The third-order valence-corrected chi connectivity index (χ3v) is 3.02. The summed E-state index contributed by atoms with van der Waals surface area (Å²) in [6.45, 7) is 0. The Morgan fingerprint density at radius 3 is 1.33 bits per heavy atom. The zero-order chi connectivity index (χ0) is 17.1. The second-order valence-corrected chi connectivity index (χ2v) is 5.34. The van der Waals surface area contributed by atoms with E-state index in [0.717, 1.165) is 0 Å². The van der Waals surface area contributed by atoms with Gasteiger partial charge in [-0.1, -0.05) is 6.07 Å². The minimum atomic E-state index is -0.0909. The van der Waals surface area contributed by atoms with E-state index in [-0.39, 0.29) is 33.2 Å². The van der Waals surface area contributed by atoms with E-state index in [4.69, 9.17) is 55.9 Å². The van der Waals surface area contributed by atoms with Crippen molar-refractivity contribution >= 4 is 46.4 Å². The molecule has 8 nitrogen and oxygen atoms in total. The van der Waals surface area contributed by atoms with Gasteiger partial charge in [-0.15, -0.1) is 0 Å². The van der Waals surface area contributed by atoms with Crippen molar-refractivity contribution in [2.75, 3.05) is 0 Å². The molecule has 0 saturated heterocycles. The molecule has 0 spiro atoms. The van der Waals surface area contributed by atoms with Crippen LogP contribution in [0, 0.1) is 0 Å². The van der Waals surface area contributed by atoms with Gasteiger partial charge in [-0.25, -0.2) is 0 Å². The highest BCUT2D eigenvalue weighted by molar-refractivity contribution is 6.31. The Balaban J connectivity index is 1.81. The summed E-state index contributed by atoms with van der Waals surface area (Å²) < 4.78 is 10.9. The van der Waals surface area contributed by atoms with Gasteiger partial charge in [0.2, 0.25) is 21.1 Å². The van der Waals surface area contributed by atoms with E-state index < -0.39 is 0 Å². The van der Waals surface area contributed by atoms with Gasteiger partial charge in [0.1, 0.15) is 11.5 Å². The molecule has 0 saturated carbocycles. The highest BCUT2D eigenvalue weighted by Crippen LogP contribution is 2.27. The number of halogens is 4. The van der Waals surface area contributed by atoms with Crippen LogP contribution in [0.2, 0.25) is 21.1 Å². The summed E-state index contributed by atoms with van der Waals surface area (Å²) in [5.41, 5.74) is 0. The maximum atomic E-state index is 5.69. The number of hydrogen-bond acceptors (Lipinski definition) is 8. The molecule has 0 aliphatic carbocycles. The fourth-order valence-electron chi connectivity index (χ4n) is 1.52. The Morgan fingerprint density at radius 2 is 0.958 bits per heavy atom. The number of ether oxygens (including phenoxy) is 2. The van der Waals surface area contributed by atoms with Crippen molar-refractivity contribution in [1.82, 2.24) is 29.9 Å². The summed E-state index contributed by atoms with van der Waals surface area (Å²) in [4.78, 5) is 22.4. The van der Waals surface area contributed by atoms with E-state index in [1.165, 1.54) is 6.07 Å². The zero-order valence-corrected chi connectivity index (χ0v) is 14.3. The van der Waals surface area contributed by atoms with Gasteiger partial charge in [-0.2, -0.15) is 29.9 Å². The smallest absolute Gasteiger partial charge is 0.327 e. The predicted molar refractivity (Wildman–Crippen MR) is 86.3 cm³/mol. The van der Waals surface area contributed by atoms with E-state index in [0.29, 0.717) is 11.5 Å². The molecule has 12 heteroatoms. The molecule has 122 valence electrons. The second-order valence-electron chi connectivity index (χ2n) is 3.99. The van der Waals surface area contributed by atoms with Crippen molar-refractivity contribution in [3.63, 3.8) is 0 Å². The first-order valence-electron chi connectivity index (χ1n) is 6.08. The van der Waals surface area contributed by atoms with Crippen LogP contribution in [0.25, 0.3) is 0 Å². The average Bonchev–Trinajstić information content (AvgIpc) is 2.45. The first kappa shape index (κ1) is 16.8. The molecule has 0 aliphatic rings. The van der Waals surface area contributed by atoms with Crippen LogP contribution >= 0.6 is 46.4 Å². The predicted octanol–water partition coefficient (Wildman–Crippen LogP) is 4.25. The molecular weight excluding hydrogens is 402 g/mol. The molecule has 3 rings (SSSR count). The van der Waals surface area contributed by atoms with Crippen LogP contribution < -0.4 is 9.47 Å². The normalized spacial score (nSPS) is 10.5. The lowest BCUT2D eigenvalue weighted by Gasteiger charge is -2.07. The number of rotatable bonds is 4. The number of benzene rings is 1. The highest BCUT2D eigenvalue weighted by Gasteiger charge is 2.09. The van der Waals surface area contributed by atoms with Crippen LogP contribution in [0.4, 0.5) is 0 Å². The van der Waals surface area contributed by atoms with E-state index in [1.807, 2.05) is 0 Å². The zero-order valence-electron chi connectivity index (χ0n) is 11.3. The van der Waals surface area contributed by atoms with Gasteiger partial charge in [0.15, 0.2) is 0 Å². The van der Waals surface area contributed by atoms with E-state index in [1.54, 1.807) is 18.2 Å². The highest BCUT2D eigenvalue weighted by atomic mass is 35.5. The molecule has 1 aromatic carbocycles. The Labute approximate surface area is 154 Å². The third kappa shape index (κ3) is 4.51. The molecular formula is C12H4Cl4N6O2. The monoisotopic (exact) mass is 404 g/mol. The van der Waals surface area contributed by atoms with Crippen LogP contribution in [0.15, 0.2) is 24.3 Å². The first-order valence-corrected chi connectivity index (χ1v) is 7.59. The van der Waals surface area contributed by atoms with Gasteiger partial charge >= 0.3 is 12.0 Å². The van der Waals surface area contributed by atoms with Crippen molar-refractivity contribution in [3.8, 4) is 23.5 Å². The standard InChI is InChI=1S/C12H4Cl4N6O2/c13-7-17-8(14)20-11(19-7)23-5-2-1-3-6(4-5)24-12-21-9(15)18-10(16)22-12/h1-4H. The summed E-state index contributed by atoms with van der Waals surface area (Å²) >= 11 is 22.7. The van der Waals surface area contributed by atoms with Gasteiger partial charge < -0.3 is 9.47 Å². The summed E-state index contributed by atoms with van der Waals surface area (Å²) in [5.74, 6) is 0.717. The largest absolute Gasteiger partial charge is 0.424 e. The molecule has 2 aromatic heterocycles. The van der Waals surface area contributed by atoms with Crippen LogP contribution in [0.3, 0.4) is 0 Å². The summed E-state index contributed by atoms with van der Waals surface area (Å²) in [5, 5.41) is -0.363. The van der Waals surface area contributed by atoms with E-state index in [2.05, 4.69) is 29.9 Å². The summed E-state index contributed by atoms with van der Waals surface area (Å²) in [6.07, 6.45) is 0. The van der Waals surface area contributed by atoms with Crippen LogP contribution in [0.1, 0.15) is 0 Å². The Kier molecular flexibility index (Phi) is 5.10. The molecule has 0 unspecified atom stereocenters. The van der Waals surface area contributed by atoms with Crippen molar-refractivity contribution in [2.45, 2.75) is 0 Å². The maximum absolute atomic E-state index is 5.69. The molecule has 0 amide bonds. The number of aromatic nitrogens is 6. The molecule has 0 bridgehead atoms. The summed E-state index contributed by atoms with van der Waals surface area (Å²) in [7, 11) is 0.